The number of nitrogens with one attached hydrogen (secondary N) is 2. The van der Waals surface area contributed by atoms with Crippen LogP contribution in [0.1, 0.15) is 25.8 Å². The van der Waals surface area contributed by atoms with Crippen LogP contribution < -0.4 is 15.4 Å². The smallest absolute Gasteiger partial charge is 0.318 e. The lowest BCUT2D eigenvalue weighted by Crippen LogP contribution is -2.33. The van der Waals surface area contributed by atoms with Gasteiger partial charge in [-0.2, -0.15) is 0 Å². The van der Waals surface area contributed by atoms with Gasteiger partial charge in [-0.3, -0.25) is 0 Å². The summed E-state index contributed by atoms with van der Waals surface area (Å²) in [6.07, 6.45) is 4.41. The van der Waals surface area contributed by atoms with Crippen LogP contribution in [0, 0.1) is 0 Å². The van der Waals surface area contributed by atoms with Crippen molar-refractivity contribution in [3.05, 3.63) is 36.0 Å². The molecule has 1 aromatic carbocycles. The summed E-state index contributed by atoms with van der Waals surface area (Å²) >= 11 is 0. The minimum absolute atomic E-state index is 0.225. The summed E-state index contributed by atoms with van der Waals surface area (Å²) in [4.78, 5) is 11.5. The third-order valence-electron chi connectivity index (χ3n) is 2.67. The molecule has 0 aliphatic heterocycles. The van der Waals surface area contributed by atoms with E-state index < -0.39 is 0 Å². The summed E-state index contributed by atoms with van der Waals surface area (Å²) in [7, 11) is 1.62. The molecular formula is C16H24N2O3. The molecule has 0 atom stereocenters. The van der Waals surface area contributed by atoms with Crippen molar-refractivity contribution in [2.24, 2.45) is 0 Å². The predicted molar refractivity (Wildman–Crippen MR) is 84.3 cm³/mol. The van der Waals surface area contributed by atoms with Gasteiger partial charge in [-0.05, 0) is 32.4 Å². The van der Waals surface area contributed by atoms with Gasteiger partial charge in [0.2, 0.25) is 0 Å². The molecule has 0 spiro atoms. The molecule has 116 valence electrons. The molecule has 1 rings (SSSR count). The second kappa shape index (κ2) is 9.83. The summed E-state index contributed by atoms with van der Waals surface area (Å²) in [5.74, 6) is 0.766. The fourth-order valence-corrected chi connectivity index (χ4v) is 1.66. The zero-order valence-corrected chi connectivity index (χ0v) is 12.9. The zero-order valence-electron chi connectivity index (χ0n) is 12.9. The molecule has 0 heterocycles. The van der Waals surface area contributed by atoms with Gasteiger partial charge in [0.05, 0.1) is 13.2 Å². The lowest BCUT2D eigenvalue weighted by atomic mass is 10.2. The first-order valence-corrected chi connectivity index (χ1v) is 7.09. The van der Waals surface area contributed by atoms with E-state index in [4.69, 9.17) is 9.47 Å². The lowest BCUT2D eigenvalue weighted by Gasteiger charge is -2.08. The largest absolute Gasteiger partial charge is 0.496 e. The van der Waals surface area contributed by atoms with E-state index in [-0.39, 0.29) is 12.1 Å². The van der Waals surface area contributed by atoms with Gasteiger partial charge in [-0.25, -0.2) is 4.79 Å². The molecule has 21 heavy (non-hydrogen) atoms. The van der Waals surface area contributed by atoms with E-state index in [1.807, 2.05) is 38.1 Å². The number of ether oxygens (including phenoxy) is 2. The van der Waals surface area contributed by atoms with Gasteiger partial charge in [-0.1, -0.05) is 18.2 Å². The first kappa shape index (κ1) is 17.0. The fraction of sp³-hybridized carbons (Fsp3) is 0.438. The highest BCUT2D eigenvalue weighted by molar-refractivity contribution is 5.76. The van der Waals surface area contributed by atoms with Crippen LogP contribution in [0.4, 0.5) is 4.79 Å². The second-order valence-electron chi connectivity index (χ2n) is 4.75. The number of carbonyl (C=O) groups excluding carboxylic acids is 1. The Morgan fingerprint density at radius 3 is 2.81 bits per heavy atom. The summed E-state index contributed by atoms with van der Waals surface area (Å²) in [6, 6.07) is 7.37. The second-order valence-corrected chi connectivity index (χ2v) is 4.75. The van der Waals surface area contributed by atoms with Gasteiger partial charge in [0.15, 0.2) is 0 Å². The molecule has 0 aliphatic rings. The number of rotatable bonds is 8. The van der Waals surface area contributed by atoms with Gasteiger partial charge >= 0.3 is 6.03 Å². The lowest BCUT2D eigenvalue weighted by molar-refractivity contribution is 0.0774. The standard InChI is InChI=1S/C16H24N2O3/c1-13(2)21-12-6-10-17-16(19)18-11-9-14-7-4-5-8-15(14)20-3/h4-5,7-9,11,13H,6,10,12H2,1-3H3,(H2,17,18,19)/b11-9+. The molecule has 0 saturated carbocycles. The molecule has 5 heteroatoms. The molecule has 1 aromatic rings. The fourth-order valence-electron chi connectivity index (χ4n) is 1.66. The predicted octanol–water partition coefficient (Wildman–Crippen LogP) is 2.78. The average Bonchev–Trinajstić information content (AvgIpc) is 2.47. The molecule has 0 fully saturated rings. The first-order chi connectivity index (χ1) is 10.1. The van der Waals surface area contributed by atoms with E-state index in [9.17, 15) is 4.79 Å². The molecule has 0 unspecified atom stereocenters. The van der Waals surface area contributed by atoms with Gasteiger partial charge in [0.25, 0.3) is 0 Å². The highest BCUT2D eigenvalue weighted by atomic mass is 16.5. The number of amides is 2. The highest BCUT2D eigenvalue weighted by Crippen LogP contribution is 2.18. The van der Waals surface area contributed by atoms with E-state index in [0.717, 1.165) is 17.7 Å². The van der Waals surface area contributed by atoms with E-state index >= 15 is 0 Å². The molecule has 2 amide bonds. The maximum atomic E-state index is 11.5. The van der Waals surface area contributed by atoms with Crippen LogP contribution in [-0.4, -0.2) is 32.4 Å². The van der Waals surface area contributed by atoms with Crippen LogP contribution in [0.2, 0.25) is 0 Å². The Morgan fingerprint density at radius 2 is 2.10 bits per heavy atom. The normalized spacial score (nSPS) is 10.9. The summed E-state index contributed by atoms with van der Waals surface area (Å²) in [5.41, 5.74) is 0.908. The topological polar surface area (TPSA) is 59.6 Å². The summed E-state index contributed by atoms with van der Waals surface area (Å²) in [6.45, 7) is 5.21. The van der Waals surface area contributed by atoms with Gasteiger partial charge < -0.3 is 20.1 Å². The monoisotopic (exact) mass is 292 g/mol. The summed E-state index contributed by atoms with van der Waals surface area (Å²) in [5, 5.41) is 5.41. The Morgan fingerprint density at radius 1 is 1.33 bits per heavy atom. The maximum absolute atomic E-state index is 11.5. The molecule has 2 N–H and O–H groups in total. The van der Waals surface area contributed by atoms with Crippen LogP contribution in [0.15, 0.2) is 30.5 Å². The van der Waals surface area contributed by atoms with E-state index in [1.54, 1.807) is 19.4 Å². The molecule has 0 aromatic heterocycles. The Balaban J connectivity index is 2.25. The number of hydrogen-bond donors (Lipinski definition) is 2. The average molecular weight is 292 g/mol. The van der Waals surface area contributed by atoms with E-state index in [0.29, 0.717) is 13.2 Å². The molecule has 0 bridgehead atoms. The Bertz CT molecular complexity index is 459. The van der Waals surface area contributed by atoms with Crippen LogP contribution in [-0.2, 0) is 4.74 Å². The molecule has 0 saturated heterocycles. The van der Waals surface area contributed by atoms with Crippen molar-refractivity contribution in [1.82, 2.24) is 10.6 Å². The van der Waals surface area contributed by atoms with Crippen molar-refractivity contribution in [2.75, 3.05) is 20.3 Å². The van der Waals surface area contributed by atoms with Gasteiger partial charge in [0, 0.05) is 24.9 Å². The number of hydrogen-bond acceptors (Lipinski definition) is 3. The van der Waals surface area contributed by atoms with Gasteiger partial charge in [-0.15, -0.1) is 0 Å². The molecule has 5 nitrogen and oxygen atoms in total. The SMILES string of the molecule is COc1ccccc1/C=C/NC(=O)NCCCOC(C)C. The zero-order chi connectivity index (χ0) is 15.5. The van der Waals surface area contributed by atoms with Crippen LogP contribution in [0.25, 0.3) is 6.08 Å². The third kappa shape index (κ3) is 7.37. The maximum Gasteiger partial charge on any atom is 0.318 e. The van der Waals surface area contributed by atoms with Crippen molar-refractivity contribution in [1.29, 1.82) is 0 Å². The minimum atomic E-state index is -0.231. The quantitative estimate of drug-likeness (QED) is 0.724. The third-order valence-corrected chi connectivity index (χ3v) is 2.67. The Hall–Kier alpha value is -2.01. The summed E-state index contributed by atoms with van der Waals surface area (Å²) < 4.78 is 10.6. The first-order valence-electron chi connectivity index (χ1n) is 7.09. The number of benzene rings is 1. The van der Waals surface area contributed by atoms with E-state index in [2.05, 4.69) is 10.6 Å². The van der Waals surface area contributed by atoms with Crippen molar-refractivity contribution in [3.63, 3.8) is 0 Å². The van der Waals surface area contributed by atoms with Crippen LogP contribution in [0.3, 0.4) is 0 Å². The van der Waals surface area contributed by atoms with Crippen LogP contribution in [0.5, 0.6) is 5.75 Å². The minimum Gasteiger partial charge on any atom is -0.496 e. The van der Waals surface area contributed by atoms with E-state index in [1.165, 1.54) is 0 Å². The number of urea groups is 1. The number of para-hydroxylation sites is 1. The number of carbonyl (C=O) groups is 1. The molecule has 0 radical (unpaired) electrons. The highest BCUT2D eigenvalue weighted by Gasteiger charge is 1.99. The molecule has 0 aliphatic carbocycles. The van der Waals surface area contributed by atoms with Crippen molar-refractivity contribution >= 4 is 12.1 Å². The van der Waals surface area contributed by atoms with Crippen molar-refractivity contribution in [2.45, 2.75) is 26.4 Å². The van der Waals surface area contributed by atoms with Crippen molar-refractivity contribution < 1.29 is 14.3 Å². The number of methoxy groups -OCH3 is 1. The Labute approximate surface area is 126 Å². The van der Waals surface area contributed by atoms with Gasteiger partial charge in [0.1, 0.15) is 5.75 Å². The Kier molecular flexibility index (Phi) is 7.97. The van der Waals surface area contributed by atoms with Crippen LogP contribution >= 0.6 is 0 Å². The van der Waals surface area contributed by atoms with Crippen molar-refractivity contribution in [3.8, 4) is 5.75 Å². The molecular weight excluding hydrogens is 268 g/mol.